The Morgan fingerprint density at radius 2 is 1.61 bits per heavy atom. The average molecular weight is 325 g/mol. The molecule has 2 unspecified atom stereocenters. The molecule has 0 saturated carbocycles. The third kappa shape index (κ3) is 11.4. The lowest BCUT2D eigenvalue weighted by Crippen LogP contribution is -2.02. The maximum absolute atomic E-state index is 11.0. The van der Waals surface area contributed by atoms with E-state index >= 15 is 0 Å². The van der Waals surface area contributed by atoms with Crippen LogP contribution in [0.15, 0.2) is 12.2 Å². The summed E-state index contributed by atoms with van der Waals surface area (Å²) in [5, 5.41) is 0. The molecular formula is C20H36O3. The van der Waals surface area contributed by atoms with Gasteiger partial charge in [0.15, 0.2) is 0 Å². The zero-order valence-corrected chi connectivity index (χ0v) is 15.2. The minimum absolute atomic E-state index is 0.145. The highest BCUT2D eigenvalue weighted by Crippen LogP contribution is 2.28. The van der Waals surface area contributed by atoms with Crippen LogP contribution in [0.25, 0.3) is 0 Å². The second-order valence-corrected chi connectivity index (χ2v) is 6.65. The number of rotatable bonds is 15. The van der Waals surface area contributed by atoms with E-state index < -0.39 is 0 Å². The molecule has 0 aromatic carbocycles. The van der Waals surface area contributed by atoms with Crippen LogP contribution >= 0.6 is 0 Å². The maximum atomic E-state index is 11.0. The summed E-state index contributed by atoms with van der Waals surface area (Å²) >= 11 is 0. The first-order valence-corrected chi connectivity index (χ1v) is 9.67. The van der Waals surface area contributed by atoms with Crippen LogP contribution in [0.3, 0.4) is 0 Å². The van der Waals surface area contributed by atoms with Gasteiger partial charge in [-0.1, -0.05) is 76.9 Å². The van der Waals surface area contributed by atoms with Crippen LogP contribution in [-0.2, 0) is 14.3 Å². The number of carbonyl (C=O) groups is 1. The van der Waals surface area contributed by atoms with Crippen molar-refractivity contribution >= 4 is 5.97 Å². The van der Waals surface area contributed by atoms with Crippen molar-refractivity contribution in [2.75, 3.05) is 7.11 Å². The van der Waals surface area contributed by atoms with Gasteiger partial charge in [0.1, 0.15) is 6.10 Å². The van der Waals surface area contributed by atoms with E-state index in [4.69, 9.17) is 4.74 Å². The Hall–Kier alpha value is -0.830. The van der Waals surface area contributed by atoms with Gasteiger partial charge in [-0.25, -0.2) is 0 Å². The Morgan fingerprint density at radius 1 is 1.00 bits per heavy atom. The van der Waals surface area contributed by atoms with Gasteiger partial charge in [-0.3, -0.25) is 4.79 Å². The summed E-state index contributed by atoms with van der Waals surface area (Å²) in [4.78, 5) is 11.0. The van der Waals surface area contributed by atoms with Crippen molar-refractivity contribution in [3.63, 3.8) is 0 Å². The van der Waals surface area contributed by atoms with Gasteiger partial charge in [0.2, 0.25) is 0 Å². The number of hydrogen-bond acceptors (Lipinski definition) is 3. The summed E-state index contributed by atoms with van der Waals surface area (Å²) in [6.07, 6.45) is 21.1. The number of methoxy groups -OCH3 is 1. The maximum Gasteiger partial charge on any atom is 0.305 e. The van der Waals surface area contributed by atoms with E-state index in [0.717, 1.165) is 12.8 Å². The summed E-state index contributed by atoms with van der Waals surface area (Å²) in [6, 6.07) is 0. The molecule has 1 aliphatic heterocycles. The van der Waals surface area contributed by atoms with Crippen molar-refractivity contribution in [2.24, 2.45) is 0 Å². The number of allylic oxidation sites excluding steroid dienone is 1. The minimum Gasteiger partial charge on any atom is -0.469 e. The SMILES string of the molecule is CCCCCCCCCCCCC=CC1OC1CCC(=O)OC. The first-order valence-electron chi connectivity index (χ1n) is 9.67. The van der Waals surface area contributed by atoms with Crippen LogP contribution in [0.1, 0.15) is 90.4 Å². The second kappa shape index (κ2) is 13.6. The lowest BCUT2D eigenvalue weighted by Gasteiger charge is -2.01. The summed E-state index contributed by atoms with van der Waals surface area (Å²) < 4.78 is 10.1. The first-order chi connectivity index (χ1) is 11.3. The lowest BCUT2D eigenvalue weighted by molar-refractivity contribution is -0.140. The molecule has 0 aromatic rings. The molecule has 3 heteroatoms. The zero-order chi connectivity index (χ0) is 16.8. The molecule has 0 amide bonds. The fourth-order valence-corrected chi connectivity index (χ4v) is 2.90. The summed E-state index contributed by atoms with van der Waals surface area (Å²) in [5.41, 5.74) is 0. The molecule has 2 atom stereocenters. The number of unbranched alkanes of at least 4 members (excludes halogenated alkanes) is 10. The number of esters is 1. The van der Waals surface area contributed by atoms with Gasteiger partial charge in [-0.2, -0.15) is 0 Å². The van der Waals surface area contributed by atoms with Crippen LogP contribution in [0.5, 0.6) is 0 Å². The Kier molecular flexibility index (Phi) is 11.9. The highest BCUT2D eigenvalue weighted by Gasteiger charge is 2.36. The van der Waals surface area contributed by atoms with Crippen LogP contribution in [0.2, 0.25) is 0 Å². The molecule has 1 heterocycles. The normalized spacial score (nSPS) is 20.1. The molecule has 1 aliphatic rings. The summed E-state index contributed by atoms with van der Waals surface area (Å²) in [6.45, 7) is 2.27. The fourth-order valence-electron chi connectivity index (χ4n) is 2.90. The van der Waals surface area contributed by atoms with E-state index in [1.165, 1.54) is 71.3 Å². The molecule has 1 fully saturated rings. The molecule has 0 aromatic heterocycles. The van der Waals surface area contributed by atoms with E-state index in [9.17, 15) is 4.79 Å². The molecule has 0 bridgehead atoms. The Balaban J connectivity index is 1.80. The number of hydrogen-bond donors (Lipinski definition) is 0. The Morgan fingerprint density at radius 3 is 2.22 bits per heavy atom. The lowest BCUT2D eigenvalue weighted by atomic mass is 10.1. The van der Waals surface area contributed by atoms with E-state index in [-0.39, 0.29) is 18.2 Å². The van der Waals surface area contributed by atoms with Crippen molar-refractivity contribution in [2.45, 2.75) is 103 Å². The highest BCUT2D eigenvalue weighted by molar-refractivity contribution is 5.69. The molecule has 1 saturated heterocycles. The molecule has 0 aliphatic carbocycles. The molecule has 0 N–H and O–H groups in total. The van der Waals surface area contributed by atoms with Gasteiger partial charge in [0.25, 0.3) is 0 Å². The van der Waals surface area contributed by atoms with E-state index in [1.807, 2.05) is 0 Å². The molecule has 0 radical (unpaired) electrons. The van der Waals surface area contributed by atoms with Crippen molar-refractivity contribution in [1.82, 2.24) is 0 Å². The summed E-state index contributed by atoms with van der Waals surface area (Å²) in [5.74, 6) is -0.145. The smallest absolute Gasteiger partial charge is 0.305 e. The fraction of sp³-hybridized carbons (Fsp3) is 0.850. The molecule has 134 valence electrons. The quantitative estimate of drug-likeness (QED) is 0.171. The van der Waals surface area contributed by atoms with Gasteiger partial charge in [-0.05, 0) is 19.3 Å². The Bertz CT molecular complexity index is 325. The van der Waals surface area contributed by atoms with Crippen molar-refractivity contribution in [1.29, 1.82) is 0 Å². The van der Waals surface area contributed by atoms with Crippen LogP contribution in [0.4, 0.5) is 0 Å². The first kappa shape index (κ1) is 20.2. The molecular weight excluding hydrogens is 288 g/mol. The molecule has 0 spiro atoms. The number of carbonyl (C=O) groups excluding carboxylic acids is 1. The predicted octanol–water partition coefficient (Wildman–Crippen LogP) is 5.57. The topological polar surface area (TPSA) is 38.8 Å². The molecule has 1 rings (SSSR count). The average Bonchev–Trinajstić information content (AvgIpc) is 3.32. The van der Waals surface area contributed by atoms with Gasteiger partial charge in [-0.15, -0.1) is 0 Å². The largest absolute Gasteiger partial charge is 0.469 e. The number of ether oxygens (including phenoxy) is 2. The predicted molar refractivity (Wildman–Crippen MR) is 95.5 cm³/mol. The van der Waals surface area contributed by atoms with Crippen LogP contribution < -0.4 is 0 Å². The summed E-state index contributed by atoms with van der Waals surface area (Å²) in [7, 11) is 1.43. The van der Waals surface area contributed by atoms with Gasteiger partial charge in [0.05, 0.1) is 13.2 Å². The van der Waals surface area contributed by atoms with Crippen molar-refractivity contribution in [3.8, 4) is 0 Å². The van der Waals surface area contributed by atoms with Crippen molar-refractivity contribution < 1.29 is 14.3 Å². The van der Waals surface area contributed by atoms with E-state index in [1.54, 1.807) is 0 Å². The zero-order valence-electron chi connectivity index (χ0n) is 15.2. The Labute approximate surface area is 142 Å². The van der Waals surface area contributed by atoms with E-state index in [0.29, 0.717) is 6.42 Å². The van der Waals surface area contributed by atoms with Gasteiger partial charge < -0.3 is 9.47 Å². The van der Waals surface area contributed by atoms with Gasteiger partial charge >= 0.3 is 5.97 Å². The standard InChI is InChI=1S/C20H36O3/c1-3-4-5-6-7-8-9-10-11-12-13-14-15-18-19(23-18)16-17-20(21)22-2/h14-15,18-19H,3-13,16-17H2,1-2H3. The number of epoxide rings is 1. The third-order valence-electron chi connectivity index (χ3n) is 4.53. The molecule has 3 nitrogen and oxygen atoms in total. The van der Waals surface area contributed by atoms with Gasteiger partial charge in [0, 0.05) is 6.42 Å². The highest BCUT2D eigenvalue weighted by atomic mass is 16.6. The third-order valence-corrected chi connectivity index (χ3v) is 4.53. The second-order valence-electron chi connectivity index (χ2n) is 6.65. The van der Waals surface area contributed by atoms with Crippen LogP contribution in [0, 0.1) is 0 Å². The van der Waals surface area contributed by atoms with Crippen molar-refractivity contribution in [3.05, 3.63) is 12.2 Å². The van der Waals surface area contributed by atoms with Crippen LogP contribution in [-0.4, -0.2) is 25.3 Å². The van der Waals surface area contributed by atoms with E-state index in [2.05, 4.69) is 23.8 Å². The molecule has 23 heavy (non-hydrogen) atoms. The monoisotopic (exact) mass is 324 g/mol. The minimum atomic E-state index is -0.145.